The summed E-state index contributed by atoms with van der Waals surface area (Å²) in [5, 5.41) is 0. The standard InChI is InChI=1S/C24H42N2O4/c1-16(27)19-14-18(15-25(19)21(29)30-23(5,6)7)26(20(28)22(2,3)4)17-10-12-24(8,9)13-11-17/h17-19H,10-15H2,1-9H3/t18-,19+/m0/s1. The number of ether oxygens (including phenoxy) is 1. The predicted molar refractivity (Wildman–Crippen MR) is 118 cm³/mol. The SMILES string of the molecule is CC(=O)[C@H]1C[C@H](N(C(=O)C(C)(C)C)C2CCC(C)(C)CC2)CN1C(=O)OC(C)(C)C. The summed E-state index contributed by atoms with van der Waals surface area (Å²) in [7, 11) is 0. The van der Waals surface area contributed by atoms with E-state index in [0.29, 0.717) is 18.4 Å². The van der Waals surface area contributed by atoms with Crippen molar-refractivity contribution in [3.8, 4) is 0 Å². The zero-order valence-corrected chi connectivity index (χ0v) is 20.5. The van der Waals surface area contributed by atoms with E-state index in [-0.39, 0.29) is 23.8 Å². The minimum atomic E-state index is -0.633. The van der Waals surface area contributed by atoms with Crippen LogP contribution in [-0.4, -0.2) is 57.9 Å². The number of nitrogens with zero attached hydrogens (tertiary/aromatic N) is 2. The second kappa shape index (κ2) is 8.51. The first kappa shape index (κ1) is 24.7. The Balaban J connectivity index is 2.30. The Bertz CT molecular complexity index is 662. The fraction of sp³-hybridized carbons (Fsp3) is 0.875. The van der Waals surface area contributed by atoms with Gasteiger partial charge in [0.1, 0.15) is 5.60 Å². The van der Waals surface area contributed by atoms with Crippen LogP contribution in [0.2, 0.25) is 0 Å². The van der Waals surface area contributed by atoms with Crippen LogP contribution in [0.3, 0.4) is 0 Å². The molecular formula is C24H42N2O4. The Morgan fingerprint density at radius 3 is 1.93 bits per heavy atom. The maximum atomic E-state index is 13.5. The van der Waals surface area contributed by atoms with Gasteiger partial charge in [-0.1, -0.05) is 34.6 Å². The highest BCUT2D eigenvalue weighted by Gasteiger charge is 2.47. The molecule has 0 aromatic heterocycles. The molecule has 6 heteroatoms. The molecule has 2 amide bonds. The van der Waals surface area contributed by atoms with Gasteiger partial charge in [-0.05, 0) is 65.2 Å². The fourth-order valence-electron chi connectivity index (χ4n) is 4.60. The monoisotopic (exact) mass is 422 g/mol. The maximum absolute atomic E-state index is 13.5. The summed E-state index contributed by atoms with van der Waals surface area (Å²) in [5.74, 6) is 0.0434. The summed E-state index contributed by atoms with van der Waals surface area (Å²) < 4.78 is 5.56. The zero-order chi connectivity index (χ0) is 23.1. The van der Waals surface area contributed by atoms with E-state index in [1.54, 1.807) is 0 Å². The average Bonchev–Trinajstić information content (AvgIpc) is 2.99. The first-order chi connectivity index (χ1) is 13.5. The number of carbonyl (C=O) groups excluding carboxylic acids is 3. The number of carbonyl (C=O) groups is 3. The lowest BCUT2D eigenvalue weighted by Crippen LogP contribution is -2.53. The van der Waals surface area contributed by atoms with Crippen LogP contribution in [0.4, 0.5) is 4.79 Å². The molecule has 6 nitrogen and oxygen atoms in total. The molecule has 0 radical (unpaired) electrons. The Kier molecular flexibility index (Phi) is 7.00. The van der Waals surface area contributed by atoms with Crippen molar-refractivity contribution in [3.05, 3.63) is 0 Å². The third-order valence-corrected chi connectivity index (χ3v) is 6.35. The summed E-state index contributed by atoms with van der Waals surface area (Å²) in [6, 6.07) is -0.551. The molecule has 1 aliphatic heterocycles. The van der Waals surface area contributed by atoms with Crippen LogP contribution >= 0.6 is 0 Å². The lowest BCUT2D eigenvalue weighted by atomic mass is 9.74. The van der Waals surface area contributed by atoms with Gasteiger partial charge in [-0.2, -0.15) is 0 Å². The highest BCUT2D eigenvalue weighted by atomic mass is 16.6. The molecule has 172 valence electrons. The molecule has 2 aliphatic rings. The molecule has 1 saturated heterocycles. The van der Waals surface area contributed by atoms with Crippen molar-refractivity contribution in [1.82, 2.24) is 9.80 Å². The van der Waals surface area contributed by atoms with Crippen molar-refractivity contribution in [3.63, 3.8) is 0 Å². The van der Waals surface area contributed by atoms with Crippen LogP contribution in [0.5, 0.6) is 0 Å². The Hall–Kier alpha value is -1.59. The molecule has 0 unspecified atom stereocenters. The van der Waals surface area contributed by atoms with Gasteiger partial charge in [-0.3, -0.25) is 14.5 Å². The highest BCUT2D eigenvalue weighted by molar-refractivity contribution is 5.87. The third kappa shape index (κ3) is 5.98. The second-order valence-corrected chi connectivity index (χ2v) is 12.0. The topological polar surface area (TPSA) is 66.9 Å². The van der Waals surface area contributed by atoms with Crippen LogP contribution in [0.15, 0.2) is 0 Å². The number of amides is 2. The van der Waals surface area contributed by atoms with Crippen molar-refractivity contribution >= 4 is 17.8 Å². The number of rotatable bonds is 3. The van der Waals surface area contributed by atoms with Gasteiger partial charge in [0.2, 0.25) is 5.91 Å². The first-order valence-electron chi connectivity index (χ1n) is 11.3. The normalized spacial score (nSPS) is 25.2. The molecule has 2 atom stereocenters. The van der Waals surface area contributed by atoms with E-state index < -0.39 is 23.2 Å². The van der Waals surface area contributed by atoms with E-state index in [1.807, 2.05) is 46.4 Å². The zero-order valence-electron chi connectivity index (χ0n) is 20.5. The van der Waals surface area contributed by atoms with E-state index in [0.717, 1.165) is 25.7 Å². The van der Waals surface area contributed by atoms with Gasteiger partial charge in [0, 0.05) is 18.0 Å². The quantitative estimate of drug-likeness (QED) is 0.655. The van der Waals surface area contributed by atoms with Crippen molar-refractivity contribution in [2.45, 2.75) is 118 Å². The van der Waals surface area contributed by atoms with E-state index in [2.05, 4.69) is 13.8 Å². The molecule has 0 aromatic carbocycles. The molecule has 0 spiro atoms. The number of ketones is 1. The molecule has 30 heavy (non-hydrogen) atoms. The van der Waals surface area contributed by atoms with Gasteiger partial charge in [-0.15, -0.1) is 0 Å². The molecule has 2 rings (SSSR count). The van der Waals surface area contributed by atoms with Gasteiger partial charge in [0.15, 0.2) is 5.78 Å². The van der Waals surface area contributed by atoms with Crippen molar-refractivity contribution in [2.24, 2.45) is 10.8 Å². The Labute approximate surface area is 182 Å². The van der Waals surface area contributed by atoms with E-state index in [9.17, 15) is 14.4 Å². The van der Waals surface area contributed by atoms with E-state index in [4.69, 9.17) is 4.74 Å². The third-order valence-electron chi connectivity index (χ3n) is 6.35. The number of hydrogen-bond acceptors (Lipinski definition) is 4. The molecule has 1 saturated carbocycles. The van der Waals surface area contributed by atoms with Gasteiger partial charge < -0.3 is 9.64 Å². The van der Waals surface area contributed by atoms with E-state index >= 15 is 0 Å². The van der Waals surface area contributed by atoms with Gasteiger partial charge in [0.25, 0.3) is 0 Å². The fourth-order valence-corrected chi connectivity index (χ4v) is 4.60. The smallest absolute Gasteiger partial charge is 0.410 e. The summed E-state index contributed by atoms with van der Waals surface area (Å²) >= 11 is 0. The summed E-state index contributed by atoms with van der Waals surface area (Å²) in [5.41, 5.74) is -0.850. The van der Waals surface area contributed by atoms with Crippen LogP contribution < -0.4 is 0 Å². The highest BCUT2D eigenvalue weighted by Crippen LogP contribution is 2.40. The number of Topliss-reactive ketones (excluding diaryl/α,β-unsaturated/α-hetero) is 1. The predicted octanol–water partition coefficient (Wildman–Crippen LogP) is 4.80. The summed E-state index contributed by atoms with van der Waals surface area (Å²) in [6.45, 7) is 17.7. The average molecular weight is 423 g/mol. The van der Waals surface area contributed by atoms with Gasteiger partial charge in [0.05, 0.1) is 12.1 Å². The number of likely N-dealkylation sites (tertiary alicyclic amines) is 1. The van der Waals surface area contributed by atoms with Crippen molar-refractivity contribution in [1.29, 1.82) is 0 Å². The largest absolute Gasteiger partial charge is 0.444 e. The molecule has 0 aromatic rings. The lowest BCUT2D eigenvalue weighted by molar-refractivity contribution is -0.146. The molecule has 0 bridgehead atoms. The van der Waals surface area contributed by atoms with E-state index in [1.165, 1.54) is 11.8 Å². The first-order valence-corrected chi connectivity index (χ1v) is 11.3. The van der Waals surface area contributed by atoms with Gasteiger partial charge >= 0.3 is 6.09 Å². The molecular weight excluding hydrogens is 380 g/mol. The molecule has 1 aliphatic carbocycles. The molecule has 2 fully saturated rings. The van der Waals surface area contributed by atoms with Crippen LogP contribution in [0.1, 0.15) is 94.4 Å². The van der Waals surface area contributed by atoms with Crippen molar-refractivity contribution in [2.75, 3.05) is 6.54 Å². The maximum Gasteiger partial charge on any atom is 0.410 e. The molecule has 1 heterocycles. The molecule has 0 N–H and O–H groups in total. The van der Waals surface area contributed by atoms with Crippen LogP contribution in [0.25, 0.3) is 0 Å². The summed E-state index contributed by atoms with van der Waals surface area (Å²) in [4.78, 5) is 42.2. The van der Waals surface area contributed by atoms with Gasteiger partial charge in [-0.25, -0.2) is 4.79 Å². The minimum Gasteiger partial charge on any atom is -0.444 e. The Morgan fingerprint density at radius 1 is 0.967 bits per heavy atom. The van der Waals surface area contributed by atoms with Crippen molar-refractivity contribution < 1.29 is 19.1 Å². The number of hydrogen-bond donors (Lipinski definition) is 0. The Morgan fingerprint density at radius 2 is 1.50 bits per heavy atom. The minimum absolute atomic E-state index is 0.0590. The van der Waals surface area contributed by atoms with Crippen LogP contribution in [0, 0.1) is 10.8 Å². The lowest BCUT2D eigenvalue weighted by Gasteiger charge is -2.45. The van der Waals surface area contributed by atoms with Crippen LogP contribution in [-0.2, 0) is 14.3 Å². The second-order valence-electron chi connectivity index (χ2n) is 12.0. The summed E-state index contributed by atoms with van der Waals surface area (Å²) in [6.07, 6.45) is 4.08.